The lowest BCUT2D eigenvalue weighted by Crippen LogP contribution is -2.15. The number of aromatic hydroxyl groups is 1. The Labute approximate surface area is 135 Å². The van der Waals surface area contributed by atoms with Crippen molar-refractivity contribution in [1.29, 1.82) is 0 Å². The van der Waals surface area contributed by atoms with Crippen molar-refractivity contribution in [2.45, 2.75) is 6.92 Å². The summed E-state index contributed by atoms with van der Waals surface area (Å²) < 4.78 is 6.88. The monoisotopic (exact) mass is 326 g/mol. The standard InChI is InChI=1S/C17H11ClN2O3/c1-9-5-6-11(18)8-13(9)20-17(22)12-7-10-3-2-4-14(21)15(10)23-16(12)19-20/h2-8,21H,1H3. The van der Waals surface area contributed by atoms with Crippen molar-refractivity contribution in [3.8, 4) is 22.9 Å². The zero-order chi connectivity index (χ0) is 16.1. The number of para-hydroxylation sites is 1. The van der Waals surface area contributed by atoms with Crippen LogP contribution in [-0.2, 0) is 0 Å². The van der Waals surface area contributed by atoms with Crippen molar-refractivity contribution in [1.82, 2.24) is 9.78 Å². The van der Waals surface area contributed by atoms with Crippen LogP contribution >= 0.6 is 11.6 Å². The number of nitrogens with zero attached hydrogens (tertiary/aromatic N) is 2. The summed E-state index contributed by atoms with van der Waals surface area (Å²) in [7, 11) is 0. The molecule has 0 spiro atoms. The van der Waals surface area contributed by atoms with Gasteiger partial charge in [-0.05, 0) is 36.8 Å². The molecule has 0 bridgehead atoms. The van der Waals surface area contributed by atoms with E-state index in [1.54, 1.807) is 30.3 Å². The van der Waals surface area contributed by atoms with E-state index in [-0.39, 0.29) is 17.2 Å². The Kier molecular flexibility index (Phi) is 2.92. The van der Waals surface area contributed by atoms with E-state index in [2.05, 4.69) is 5.10 Å². The van der Waals surface area contributed by atoms with Crippen molar-refractivity contribution in [2.24, 2.45) is 0 Å². The van der Waals surface area contributed by atoms with E-state index >= 15 is 0 Å². The van der Waals surface area contributed by atoms with Gasteiger partial charge in [0, 0.05) is 10.4 Å². The molecule has 0 aromatic heterocycles. The number of halogens is 1. The van der Waals surface area contributed by atoms with Crippen LogP contribution in [0.4, 0.5) is 0 Å². The number of fused-ring (bicyclic) bond motifs is 2. The van der Waals surface area contributed by atoms with Crippen molar-refractivity contribution in [2.75, 3.05) is 0 Å². The van der Waals surface area contributed by atoms with Gasteiger partial charge < -0.3 is 9.52 Å². The lowest BCUT2D eigenvalue weighted by Gasteiger charge is -2.04. The molecule has 1 N–H and O–H groups in total. The molecule has 23 heavy (non-hydrogen) atoms. The highest BCUT2D eigenvalue weighted by Crippen LogP contribution is 2.30. The highest BCUT2D eigenvalue weighted by atomic mass is 35.5. The first-order valence-corrected chi connectivity index (χ1v) is 7.33. The van der Waals surface area contributed by atoms with Gasteiger partial charge in [0.15, 0.2) is 11.3 Å². The molecule has 0 aliphatic carbocycles. The predicted molar refractivity (Wildman–Crippen MR) is 87.6 cm³/mol. The molecule has 0 fully saturated rings. The van der Waals surface area contributed by atoms with Gasteiger partial charge in [0.2, 0.25) is 5.89 Å². The quantitative estimate of drug-likeness (QED) is 0.578. The lowest BCUT2D eigenvalue weighted by atomic mass is 10.1. The normalized spacial score (nSPS) is 11.4. The molecule has 0 radical (unpaired) electrons. The van der Waals surface area contributed by atoms with Crippen LogP contribution in [0.2, 0.25) is 5.02 Å². The van der Waals surface area contributed by atoms with Gasteiger partial charge in [-0.1, -0.05) is 29.8 Å². The molecule has 2 aliphatic heterocycles. The van der Waals surface area contributed by atoms with Crippen LogP contribution in [0.5, 0.6) is 5.75 Å². The SMILES string of the molecule is Cc1ccc(Cl)cc1-n1nc2oc3c(O)cccc3cc-2c1=O. The van der Waals surface area contributed by atoms with E-state index in [1.807, 2.05) is 13.0 Å². The maximum absolute atomic E-state index is 12.7. The zero-order valence-electron chi connectivity index (χ0n) is 12.1. The molecule has 2 aromatic carbocycles. The van der Waals surface area contributed by atoms with Crippen LogP contribution in [0.3, 0.4) is 0 Å². The summed E-state index contributed by atoms with van der Waals surface area (Å²) in [6, 6.07) is 11.9. The Hall–Kier alpha value is -2.79. The lowest BCUT2D eigenvalue weighted by molar-refractivity contribution is 0.462. The Morgan fingerprint density at radius 1 is 1.22 bits per heavy atom. The topological polar surface area (TPSA) is 68.3 Å². The van der Waals surface area contributed by atoms with Gasteiger partial charge in [-0.3, -0.25) is 4.79 Å². The van der Waals surface area contributed by atoms with Gasteiger partial charge in [0.05, 0.1) is 5.69 Å². The molecule has 4 rings (SSSR count). The molecule has 0 unspecified atom stereocenters. The Morgan fingerprint density at radius 3 is 2.87 bits per heavy atom. The molecule has 2 aliphatic rings. The van der Waals surface area contributed by atoms with Crippen LogP contribution in [0.15, 0.2) is 51.7 Å². The van der Waals surface area contributed by atoms with Gasteiger partial charge >= 0.3 is 0 Å². The Morgan fingerprint density at radius 2 is 2.04 bits per heavy atom. The van der Waals surface area contributed by atoms with E-state index < -0.39 is 0 Å². The molecular weight excluding hydrogens is 316 g/mol. The molecule has 2 heterocycles. The van der Waals surface area contributed by atoms with E-state index in [4.69, 9.17) is 16.0 Å². The number of hydrogen-bond donors (Lipinski definition) is 1. The fourth-order valence-corrected chi connectivity index (χ4v) is 2.75. The molecule has 5 nitrogen and oxygen atoms in total. The molecule has 0 saturated heterocycles. The minimum atomic E-state index is -0.292. The largest absolute Gasteiger partial charge is 0.504 e. The van der Waals surface area contributed by atoms with Gasteiger partial charge in [-0.15, -0.1) is 5.10 Å². The molecule has 2 aromatic rings. The predicted octanol–water partition coefficient (Wildman–Crippen LogP) is 3.75. The fourth-order valence-electron chi connectivity index (χ4n) is 2.59. The van der Waals surface area contributed by atoms with Crippen LogP contribution < -0.4 is 5.56 Å². The van der Waals surface area contributed by atoms with E-state index in [0.29, 0.717) is 27.2 Å². The first kappa shape index (κ1) is 13.8. The molecule has 0 saturated carbocycles. The van der Waals surface area contributed by atoms with Gasteiger partial charge in [0.1, 0.15) is 5.56 Å². The van der Waals surface area contributed by atoms with E-state index in [1.165, 1.54) is 10.7 Å². The second-order valence-corrected chi connectivity index (χ2v) is 5.74. The number of rotatable bonds is 1. The summed E-state index contributed by atoms with van der Waals surface area (Å²) >= 11 is 6.02. The highest BCUT2D eigenvalue weighted by molar-refractivity contribution is 6.30. The highest BCUT2D eigenvalue weighted by Gasteiger charge is 2.21. The number of hydrogen-bond acceptors (Lipinski definition) is 4. The van der Waals surface area contributed by atoms with Crippen molar-refractivity contribution >= 4 is 22.6 Å². The zero-order valence-corrected chi connectivity index (χ0v) is 12.8. The van der Waals surface area contributed by atoms with Crippen molar-refractivity contribution in [3.05, 3.63) is 63.4 Å². The summed E-state index contributed by atoms with van der Waals surface area (Å²) in [5, 5.41) is 15.3. The second-order valence-electron chi connectivity index (χ2n) is 5.31. The smallest absolute Gasteiger partial charge is 0.284 e. The summed E-state index contributed by atoms with van der Waals surface area (Å²) in [6.45, 7) is 1.87. The third-order valence-corrected chi connectivity index (χ3v) is 4.00. The van der Waals surface area contributed by atoms with Crippen molar-refractivity contribution < 1.29 is 9.52 Å². The van der Waals surface area contributed by atoms with Crippen LogP contribution in [-0.4, -0.2) is 14.9 Å². The summed E-state index contributed by atoms with van der Waals surface area (Å²) in [6.07, 6.45) is 0. The maximum atomic E-state index is 12.7. The van der Waals surface area contributed by atoms with Crippen LogP contribution in [0.1, 0.15) is 5.56 Å². The molecule has 0 atom stereocenters. The minimum Gasteiger partial charge on any atom is -0.504 e. The van der Waals surface area contributed by atoms with E-state index in [9.17, 15) is 9.90 Å². The van der Waals surface area contributed by atoms with Gasteiger partial charge in [-0.2, -0.15) is 4.68 Å². The number of phenols is 1. The first-order chi connectivity index (χ1) is 11.0. The summed E-state index contributed by atoms with van der Waals surface area (Å²) in [4.78, 5) is 12.7. The minimum absolute atomic E-state index is 0.00494. The molecular formula is C17H11ClN2O3. The van der Waals surface area contributed by atoms with Crippen LogP contribution in [0.25, 0.3) is 28.1 Å². The Balaban J connectivity index is 2.07. The third-order valence-electron chi connectivity index (χ3n) is 3.77. The molecule has 6 heteroatoms. The second kappa shape index (κ2) is 4.86. The maximum Gasteiger partial charge on any atom is 0.284 e. The van der Waals surface area contributed by atoms with E-state index in [0.717, 1.165) is 5.56 Å². The molecule has 0 amide bonds. The third kappa shape index (κ3) is 2.09. The number of aromatic nitrogens is 2. The fraction of sp³-hybridized carbons (Fsp3) is 0.0588. The number of phenolic OH excluding ortho intramolecular Hbond substituents is 1. The first-order valence-electron chi connectivity index (χ1n) is 6.96. The van der Waals surface area contributed by atoms with Crippen LogP contribution in [0, 0.1) is 6.92 Å². The number of benzene rings is 2. The molecule has 114 valence electrons. The van der Waals surface area contributed by atoms with Gasteiger partial charge in [0.25, 0.3) is 5.56 Å². The Bertz CT molecular complexity index is 1080. The summed E-state index contributed by atoms with van der Waals surface area (Å²) in [5.41, 5.74) is 1.82. The average molecular weight is 327 g/mol. The summed E-state index contributed by atoms with van der Waals surface area (Å²) in [5.74, 6) is 0.175. The van der Waals surface area contributed by atoms with Crippen molar-refractivity contribution in [3.63, 3.8) is 0 Å². The van der Waals surface area contributed by atoms with Gasteiger partial charge in [-0.25, -0.2) is 0 Å². The number of aryl methyl sites for hydroxylation is 1. The average Bonchev–Trinajstić information content (AvgIpc) is 2.85.